The lowest BCUT2D eigenvalue weighted by atomic mass is 9.99. The van der Waals surface area contributed by atoms with Crippen molar-refractivity contribution in [2.24, 2.45) is 0 Å². The first-order valence-corrected chi connectivity index (χ1v) is 15.0. The van der Waals surface area contributed by atoms with E-state index < -0.39 is 68.4 Å². The Kier molecular flexibility index (Phi) is 8.97. The summed E-state index contributed by atoms with van der Waals surface area (Å²) in [5.41, 5.74) is -1.60. The maximum Gasteiger partial charge on any atom is 0.351 e. The van der Waals surface area contributed by atoms with Gasteiger partial charge in [-0.15, -0.1) is 0 Å². The Hall–Kier alpha value is -7.36. The van der Waals surface area contributed by atoms with Crippen LogP contribution < -0.4 is 21.9 Å². The number of non-ortho nitro benzene ring substituents is 2. The summed E-state index contributed by atoms with van der Waals surface area (Å²) in [5, 5.41) is 49.4. The number of Topliss-reactive ketones (excluding diaryl/α,β-unsaturated/α-hetero) is 2. The molecule has 0 bridgehead atoms. The molecule has 6 rings (SSSR count). The SMILES string of the molecule is O=C(CNc1ccc([N+](=O)[O-])cc1)c1c(O)c2cc(Cc3ccc4oc(=O)c(C(=O)CNc5ccc([N+](=O)[O-])cc5)c(O)c4c3)ccc2oc1=O. The van der Waals surface area contributed by atoms with Crippen molar-refractivity contribution in [1.29, 1.82) is 0 Å². The molecule has 0 radical (unpaired) electrons. The Bertz CT molecular complexity index is 2330. The van der Waals surface area contributed by atoms with Gasteiger partial charge in [-0.2, -0.15) is 0 Å². The molecule has 2 heterocycles. The zero-order valence-electron chi connectivity index (χ0n) is 26.1. The molecular weight excluding hydrogens is 668 g/mol. The van der Waals surface area contributed by atoms with Crippen LogP contribution in [0.1, 0.15) is 31.8 Å². The highest BCUT2D eigenvalue weighted by Gasteiger charge is 2.23. The second-order valence-electron chi connectivity index (χ2n) is 11.2. The molecule has 51 heavy (non-hydrogen) atoms. The number of aromatic hydroxyl groups is 2. The van der Waals surface area contributed by atoms with Gasteiger partial charge in [0.05, 0.1) is 33.7 Å². The molecule has 0 aliphatic rings. The largest absolute Gasteiger partial charge is 0.506 e. The minimum atomic E-state index is -1.05. The summed E-state index contributed by atoms with van der Waals surface area (Å²) < 4.78 is 10.6. The van der Waals surface area contributed by atoms with Gasteiger partial charge in [-0.3, -0.25) is 29.8 Å². The number of hydrogen-bond acceptors (Lipinski definition) is 14. The predicted octanol–water partition coefficient (Wildman–Crippen LogP) is 5.31. The smallest absolute Gasteiger partial charge is 0.351 e. The van der Waals surface area contributed by atoms with Crippen LogP contribution in [0.3, 0.4) is 0 Å². The number of carbonyl (C=O) groups excluding carboxylic acids is 2. The van der Waals surface area contributed by atoms with E-state index in [0.29, 0.717) is 22.5 Å². The van der Waals surface area contributed by atoms with Gasteiger partial charge in [-0.05, 0) is 66.1 Å². The van der Waals surface area contributed by atoms with Gasteiger partial charge in [0, 0.05) is 35.6 Å². The van der Waals surface area contributed by atoms with Gasteiger partial charge in [0.2, 0.25) is 0 Å². The minimum absolute atomic E-state index is 0.0181. The van der Waals surface area contributed by atoms with E-state index >= 15 is 0 Å². The summed E-state index contributed by atoms with van der Waals surface area (Å²) >= 11 is 0. The number of fused-ring (bicyclic) bond motifs is 2. The fourth-order valence-electron chi connectivity index (χ4n) is 5.36. The molecule has 256 valence electrons. The average molecular weight is 693 g/mol. The lowest BCUT2D eigenvalue weighted by Gasteiger charge is -2.10. The first kappa shape index (κ1) is 33.5. The second-order valence-corrected chi connectivity index (χ2v) is 11.2. The van der Waals surface area contributed by atoms with E-state index in [-0.39, 0.29) is 39.7 Å². The van der Waals surface area contributed by atoms with Crippen LogP contribution in [0.2, 0.25) is 0 Å². The summed E-state index contributed by atoms with van der Waals surface area (Å²) in [6.45, 7) is -0.842. The standard InChI is InChI=1S/C35H24N4O12/c40-26(16-36-20-3-7-22(8-4-20)38(46)47)30-32(42)24-14-18(1-11-28(24)50-34(30)44)13-19-2-12-29-25(15-19)33(43)31(35(45)51-29)27(41)17-37-21-5-9-23(10-6-21)39(48)49/h1-12,14-15,36-37,42-43H,13,16-17H2. The van der Waals surface area contributed by atoms with Crippen molar-refractivity contribution in [3.8, 4) is 11.5 Å². The minimum Gasteiger partial charge on any atom is -0.506 e. The molecule has 16 nitrogen and oxygen atoms in total. The third kappa shape index (κ3) is 6.95. The Morgan fingerprint density at radius 3 is 1.33 bits per heavy atom. The summed E-state index contributed by atoms with van der Waals surface area (Å²) in [6.07, 6.45) is 0.193. The molecular formula is C35H24N4O12. The van der Waals surface area contributed by atoms with Crippen LogP contribution in [-0.2, 0) is 6.42 Å². The molecule has 2 aromatic heterocycles. The number of anilines is 2. The Balaban J connectivity index is 1.22. The molecule has 0 spiro atoms. The van der Waals surface area contributed by atoms with E-state index in [1.165, 1.54) is 72.8 Å². The highest BCUT2D eigenvalue weighted by molar-refractivity contribution is 6.05. The molecule has 4 N–H and O–H groups in total. The summed E-state index contributed by atoms with van der Waals surface area (Å²) in [5.74, 6) is -2.76. The Morgan fingerprint density at radius 1 is 0.608 bits per heavy atom. The third-order valence-corrected chi connectivity index (χ3v) is 7.91. The molecule has 16 heteroatoms. The monoisotopic (exact) mass is 692 g/mol. The van der Waals surface area contributed by atoms with Crippen LogP contribution in [0.15, 0.2) is 103 Å². The molecule has 0 saturated carbocycles. The lowest BCUT2D eigenvalue weighted by Crippen LogP contribution is -2.21. The summed E-state index contributed by atoms with van der Waals surface area (Å²) in [4.78, 5) is 71.8. The van der Waals surface area contributed by atoms with E-state index in [1.54, 1.807) is 12.1 Å². The van der Waals surface area contributed by atoms with Crippen LogP contribution >= 0.6 is 0 Å². The van der Waals surface area contributed by atoms with Crippen LogP contribution in [0.25, 0.3) is 21.9 Å². The van der Waals surface area contributed by atoms with Crippen molar-refractivity contribution >= 4 is 56.3 Å². The quantitative estimate of drug-likeness (QED) is 0.0550. The number of nitrogens with one attached hydrogen (secondary N) is 2. The molecule has 0 unspecified atom stereocenters. The fraction of sp³-hybridized carbons (Fsp3) is 0.0857. The lowest BCUT2D eigenvalue weighted by molar-refractivity contribution is -0.385. The van der Waals surface area contributed by atoms with Gasteiger partial charge in [-0.1, -0.05) is 12.1 Å². The van der Waals surface area contributed by atoms with E-state index in [2.05, 4.69) is 10.6 Å². The maximum absolute atomic E-state index is 13.0. The molecule has 0 fully saturated rings. The highest BCUT2D eigenvalue weighted by atomic mass is 16.6. The summed E-state index contributed by atoms with van der Waals surface area (Å²) in [7, 11) is 0. The number of rotatable bonds is 12. The van der Waals surface area contributed by atoms with Gasteiger partial charge < -0.3 is 29.7 Å². The predicted molar refractivity (Wildman–Crippen MR) is 183 cm³/mol. The number of ketones is 2. The molecule has 0 saturated heterocycles. The van der Waals surface area contributed by atoms with Crippen molar-refractivity contribution in [2.75, 3.05) is 23.7 Å². The third-order valence-electron chi connectivity index (χ3n) is 7.91. The molecule has 6 aromatic rings. The Labute approximate surface area is 284 Å². The summed E-state index contributed by atoms with van der Waals surface area (Å²) in [6, 6.07) is 19.7. The van der Waals surface area contributed by atoms with E-state index in [0.717, 1.165) is 0 Å². The number of benzene rings is 4. The average Bonchev–Trinajstić information content (AvgIpc) is 3.10. The van der Waals surface area contributed by atoms with Crippen molar-refractivity contribution in [3.05, 3.63) is 148 Å². The first-order valence-electron chi connectivity index (χ1n) is 15.0. The van der Waals surface area contributed by atoms with Gasteiger partial charge in [0.1, 0.15) is 33.8 Å². The van der Waals surface area contributed by atoms with Crippen molar-refractivity contribution < 1.29 is 38.5 Å². The van der Waals surface area contributed by atoms with Crippen LogP contribution in [0, 0.1) is 20.2 Å². The molecule has 0 aliphatic heterocycles. The molecule has 0 aliphatic carbocycles. The first-order chi connectivity index (χ1) is 24.4. The van der Waals surface area contributed by atoms with Crippen LogP contribution in [0.4, 0.5) is 22.7 Å². The fourth-order valence-corrected chi connectivity index (χ4v) is 5.36. The maximum atomic E-state index is 13.0. The van der Waals surface area contributed by atoms with E-state index in [4.69, 9.17) is 8.83 Å². The second kappa shape index (κ2) is 13.6. The van der Waals surface area contributed by atoms with Crippen molar-refractivity contribution in [3.63, 3.8) is 0 Å². The number of nitrogens with zero attached hydrogens (tertiary/aromatic N) is 2. The zero-order valence-corrected chi connectivity index (χ0v) is 26.1. The van der Waals surface area contributed by atoms with Gasteiger partial charge in [-0.25, -0.2) is 9.59 Å². The van der Waals surface area contributed by atoms with Crippen LogP contribution in [0.5, 0.6) is 11.5 Å². The van der Waals surface area contributed by atoms with Crippen LogP contribution in [-0.4, -0.2) is 44.7 Å². The van der Waals surface area contributed by atoms with Crippen molar-refractivity contribution in [1.82, 2.24) is 0 Å². The number of nitro groups is 2. The van der Waals surface area contributed by atoms with Gasteiger partial charge in [0.25, 0.3) is 11.4 Å². The normalized spacial score (nSPS) is 11.0. The molecule has 0 atom stereocenters. The highest BCUT2D eigenvalue weighted by Crippen LogP contribution is 2.31. The van der Waals surface area contributed by atoms with E-state index in [9.17, 15) is 49.6 Å². The van der Waals surface area contributed by atoms with E-state index in [1.807, 2.05) is 0 Å². The van der Waals surface area contributed by atoms with Gasteiger partial charge >= 0.3 is 11.3 Å². The zero-order chi connectivity index (χ0) is 36.4. The number of hydrogen-bond donors (Lipinski definition) is 4. The number of nitro benzene ring substituents is 2. The molecule has 4 aromatic carbocycles. The van der Waals surface area contributed by atoms with Crippen molar-refractivity contribution in [2.45, 2.75) is 6.42 Å². The number of carbonyl (C=O) groups is 2. The Morgan fingerprint density at radius 2 is 0.980 bits per heavy atom. The topological polar surface area (TPSA) is 245 Å². The van der Waals surface area contributed by atoms with Gasteiger partial charge in [0.15, 0.2) is 11.6 Å². The molecule has 0 amide bonds.